The first-order valence-electron chi connectivity index (χ1n) is 5.44. The van der Waals surface area contributed by atoms with Gasteiger partial charge in [0.1, 0.15) is 5.82 Å². The van der Waals surface area contributed by atoms with Crippen molar-refractivity contribution in [2.45, 2.75) is 39.5 Å². The number of benzene rings is 1. The second-order valence-electron chi connectivity index (χ2n) is 3.70. The topological polar surface area (TPSA) is 0 Å². The molecule has 0 aliphatic heterocycles. The molecule has 0 unspecified atom stereocenters. The van der Waals surface area contributed by atoms with Crippen LogP contribution in [0.4, 0.5) is 4.39 Å². The summed E-state index contributed by atoms with van der Waals surface area (Å²) in [6.07, 6.45) is 3.49. The van der Waals surface area contributed by atoms with E-state index in [1.54, 1.807) is 6.07 Å². The molecule has 15 heavy (non-hydrogen) atoms. The molecule has 0 bridgehead atoms. The molecule has 1 rings (SSSR count). The van der Waals surface area contributed by atoms with Crippen LogP contribution in [0.1, 0.15) is 37.3 Å². The van der Waals surface area contributed by atoms with Crippen LogP contribution in [0.15, 0.2) is 18.2 Å². The van der Waals surface area contributed by atoms with Crippen LogP contribution in [-0.4, -0.2) is 0 Å². The Morgan fingerprint density at radius 2 is 1.93 bits per heavy atom. The van der Waals surface area contributed by atoms with Crippen molar-refractivity contribution in [3.8, 4) is 11.8 Å². The highest BCUT2D eigenvalue weighted by molar-refractivity contribution is 5.24. The van der Waals surface area contributed by atoms with E-state index in [-0.39, 0.29) is 5.82 Å². The van der Waals surface area contributed by atoms with Gasteiger partial charge in [-0.2, -0.15) is 0 Å². The van der Waals surface area contributed by atoms with Crippen molar-refractivity contribution in [3.05, 3.63) is 35.1 Å². The quantitative estimate of drug-likeness (QED) is 0.656. The Balaban J connectivity index is 2.48. The summed E-state index contributed by atoms with van der Waals surface area (Å²) in [7, 11) is 0. The summed E-state index contributed by atoms with van der Waals surface area (Å²) in [5.41, 5.74) is 1.74. The number of halogens is 1. The molecule has 0 heterocycles. The number of hydrogen-bond donors (Lipinski definition) is 0. The van der Waals surface area contributed by atoms with E-state index in [9.17, 15) is 4.39 Å². The first-order valence-corrected chi connectivity index (χ1v) is 5.44. The summed E-state index contributed by atoms with van der Waals surface area (Å²) in [6, 6.07) is 5.37. The molecule has 0 saturated heterocycles. The third kappa shape index (κ3) is 4.16. The van der Waals surface area contributed by atoms with E-state index in [0.717, 1.165) is 30.4 Å². The highest BCUT2D eigenvalue weighted by Crippen LogP contribution is 2.11. The molecule has 1 aromatic carbocycles. The summed E-state index contributed by atoms with van der Waals surface area (Å²) in [4.78, 5) is 0. The standard InChI is InChI=1S/C14H17F/c1-3-4-5-6-7-8-13-10-9-12(2)11-14(13)15/h9-11H,3-4,7-8H2,1-2H3. The van der Waals surface area contributed by atoms with Crippen LogP contribution in [0.2, 0.25) is 0 Å². The fourth-order valence-corrected chi connectivity index (χ4v) is 1.35. The van der Waals surface area contributed by atoms with Crippen molar-refractivity contribution < 1.29 is 4.39 Å². The van der Waals surface area contributed by atoms with Crippen LogP contribution in [-0.2, 0) is 6.42 Å². The Hall–Kier alpha value is -1.29. The van der Waals surface area contributed by atoms with Crippen molar-refractivity contribution >= 4 is 0 Å². The minimum absolute atomic E-state index is 0.104. The number of rotatable bonds is 3. The van der Waals surface area contributed by atoms with Crippen LogP contribution in [0.25, 0.3) is 0 Å². The zero-order chi connectivity index (χ0) is 11.1. The predicted octanol–water partition coefficient (Wildman–Crippen LogP) is 3.87. The van der Waals surface area contributed by atoms with Crippen LogP contribution in [0.5, 0.6) is 0 Å². The molecule has 0 fully saturated rings. The molecule has 80 valence electrons. The minimum atomic E-state index is -0.104. The van der Waals surface area contributed by atoms with Gasteiger partial charge in [0, 0.05) is 12.8 Å². The zero-order valence-corrected chi connectivity index (χ0v) is 9.44. The molecular formula is C14H17F. The third-order valence-electron chi connectivity index (χ3n) is 2.23. The molecule has 1 heteroatoms. The molecule has 0 spiro atoms. The van der Waals surface area contributed by atoms with Crippen molar-refractivity contribution in [1.29, 1.82) is 0 Å². The molecule has 0 aliphatic carbocycles. The summed E-state index contributed by atoms with van der Waals surface area (Å²) in [5.74, 6) is 6.02. The molecule has 0 amide bonds. The summed E-state index contributed by atoms with van der Waals surface area (Å²) in [6.45, 7) is 4.00. The van der Waals surface area contributed by atoms with Gasteiger partial charge in [0.25, 0.3) is 0 Å². The fraction of sp³-hybridized carbons (Fsp3) is 0.429. The van der Waals surface area contributed by atoms with Gasteiger partial charge in [-0.3, -0.25) is 0 Å². The second kappa shape index (κ2) is 6.24. The summed E-state index contributed by atoms with van der Waals surface area (Å²) >= 11 is 0. The summed E-state index contributed by atoms with van der Waals surface area (Å²) < 4.78 is 13.4. The van der Waals surface area contributed by atoms with Crippen LogP contribution in [0, 0.1) is 24.6 Å². The van der Waals surface area contributed by atoms with E-state index in [0.29, 0.717) is 6.42 Å². The number of hydrogen-bond acceptors (Lipinski definition) is 0. The van der Waals surface area contributed by atoms with Crippen molar-refractivity contribution in [1.82, 2.24) is 0 Å². The Labute approximate surface area is 91.5 Å². The average molecular weight is 204 g/mol. The van der Waals surface area contributed by atoms with E-state index >= 15 is 0 Å². The van der Waals surface area contributed by atoms with Gasteiger partial charge in [0.15, 0.2) is 0 Å². The largest absolute Gasteiger partial charge is 0.207 e. The van der Waals surface area contributed by atoms with Crippen LogP contribution >= 0.6 is 0 Å². The fourth-order valence-electron chi connectivity index (χ4n) is 1.35. The Kier molecular flexibility index (Phi) is 4.90. The first kappa shape index (κ1) is 11.8. The minimum Gasteiger partial charge on any atom is -0.207 e. The Bertz CT molecular complexity index is 369. The maximum atomic E-state index is 13.4. The van der Waals surface area contributed by atoms with Gasteiger partial charge in [-0.15, -0.1) is 11.8 Å². The molecule has 0 radical (unpaired) electrons. The van der Waals surface area contributed by atoms with Gasteiger partial charge in [-0.05, 0) is 37.0 Å². The van der Waals surface area contributed by atoms with Crippen molar-refractivity contribution in [2.24, 2.45) is 0 Å². The lowest BCUT2D eigenvalue weighted by atomic mass is 10.1. The normalized spacial score (nSPS) is 9.53. The lowest BCUT2D eigenvalue weighted by Gasteiger charge is -2.00. The van der Waals surface area contributed by atoms with Gasteiger partial charge in [0.2, 0.25) is 0 Å². The lowest BCUT2D eigenvalue weighted by Crippen LogP contribution is -1.90. The monoisotopic (exact) mass is 204 g/mol. The van der Waals surface area contributed by atoms with E-state index < -0.39 is 0 Å². The Morgan fingerprint density at radius 1 is 1.20 bits per heavy atom. The number of aryl methyl sites for hydroxylation is 2. The highest BCUT2D eigenvalue weighted by Gasteiger charge is 2.00. The van der Waals surface area contributed by atoms with E-state index in [4.69, 9.17) is 0 Å². The van der Waals surface area contributed by atoms with E-state index in [2.05, 4.69) is 18.8 Å². The molecule has 0 N–H and O–H groups in total. The van der Waals surface area contributed by atoms with Crippen LogP contribution < -0.4 is 0 Å². The van der Waals surface area contributed by atoms with E-state index in [1.807, 2.05) is 19.1 Å². The Morgan fingerprint density at radius 3 is 2.60 bits per heavy atom. The van der Waals surface area contributed by atoms with Crippen LogP contribution in [0.3, 0.4) is 0 Å². The molecule has 0 atom stereocenters. The maximum absolute atomic E-state index is 13.4. The lowest BCUT2D eigenvalue weighted by molar-refractivity contribution is 0.609. The molecule has 0 saturated carbocycles. The molecule has 0 aliphatic rings. The van der Waals surface area contributed by atoms with Gasteiger partial charge >= 0.3 is 0 Å². The van der Waals surface area contributed by atoms with Gasteiger partial charge in [0.05, 0.1) is 0 Å². The highest BCUT2D eigenvalue weighted by atomic mass is 19.1. The SMILES string of the molecule is CCCC#CCCc1ccc(C)cc1F. The summed E-state index contributed by atoms with van der Waals surface area (Å²) in [5, 5.41) is 0. The molecule has 1 aromatic rings. The second-order valence-corrected chi connectivity index (χ2v) is 3.70. The van der Waals surface area contributed by atoms with Crippen molar-refractivity contribution in [2.75, 3.05) is 0 Å². The number of unbranched alkanes of at least 4 members (excludes halogenated alkanes) is 1. The first-order chi connectivity index (χ1) is 7.24. The van der Waals surface area contributed by atoms with Gasteiger partial charge in [-0.25, -0.2) is 4.39 Å². The maximum Gasteiger partial charge on any atom is 0.126 e. The smallest absolute Gasteiger partial charge is 0.126 e. The zero-order valence-electron chi connectivity index (χ0n) is 9.44. The van der Waals surface area contributed by atoms with Gasteiger partial charge < -0.3 is 0 Å². The predicted molar refractivity (Wildman–Crippen MR) is 62.1 cm³/mol. The molecule has 0 aromatic heterocycles. The van der Waals surface area contributed by atoms with E-state index in [1.165, 1.54) is 0 Å². The van der Waals surface area contributed by atoms with Crippen molar-refractivity contribution in [3.63, 3.8) is 0 Å². The molecule has 0 nitrogen and oxygen atoms in total. The van der Waals surface area contributed by atoms with Gasteiger partial charge in [-0.1, -0.05) is 19.1 Å². The third-order valence-corrected chi connectivity index (χ3v) is 2.23. The average Bonchev–Trinajstić information content (AvgIpc) is 2.20. The molecular weight excluding hydrogens is 187 g/mol.